The number of carbonyl (C=O) groups is 1. The van der Waals surface area contributed by atoms with Gasteiger partial charge in [0.15, 0.2) is 0 Å². The van der Waals surface area contributed by atoms with E-state index >= 15 is 0 Å². The molecule has 0 unspecified atom stereocenters. The molecule has 35 heavy (non-hydrogen) atoms. The van der Waals surface area contributed by atoms with Crippen molar-refractivity contribution in [1.82, 2.24) is 9.97 Å². The summed E-state index contributed by atoms with van der Waals surface area (Å²) in [7, 11) is 0. The Morgan fingerprint density at radius 3 is 2.60 bits per heavy atom. The van der Waals surface area contributed by atoms with E-state index in [1.54, 1.807) is 6.07 Å². The minimum absolute atomic E-state index is 0.375. The molecule has 0 amide bonds. The van der Waals surface area contributed by atoms with Crippen LogP contribution in [-0.4, -0.2) is 48.2 Å². The lowest BCUT2D eigenvalue weighted by atomic mass is 10.0. The number of fused-ring (bicyclic) bond motifs is 3. The summed E-state index contributed by atoms with van der Waals surface area (Å²) < 4.78 is 44.4. The molecule has 0 spiro atoms. The van der Waals surface area contributed by atoms with Gasteiger partial charge in [-0.3, -0.25) is 4.79 Å². The smallest absolute Gasteiger partial charge is 0.378 e. The van der Waals surface area contributed by atoms with Crippen LogP contribution in [0.15, 0.2) is 30.3 Å². The molecule has 6 nitrogen and oxygen atoms in total. The molecule has 2 heterocycles. The van der Waals surface area contributed by atoms with Gasteiger partial charge in [-0.1, -0.05) is 18.2 Å². The number of aryl methyl sites for hydroxylation is 2. The fourth-order valence-electron chi connectivity index (χ4n) is 5.06. The van der Waals surface area contributed by atoms with Crippen molar-refractivity contribution >= 4 is 28.2 Å². The third kappa shape index (κ3) is 4.57. The number of nitrogens with one attached hydrogen (secondary N) is 1. The molecule has 0 radical (unpaired) electrons. The molecule has 0 bridgehead atoms. The average Bonchev–Trinajstić information content (AvgIpc) is 3.33. The minimum Gasteiger partial charge on any atom is -0.378 e. The second-order valence-electron chi connectivity index (χ2n) is 9.14. The van der Waals surface area contributed by atoms with E-state index in [0.29, 0.717) is 30.4 Å². The number of aromatic nitrogens is 2. The number of ketones is 1. The van der Waals surface area contributed by atoms with Crippen LogP contribution in [0.5, 0.6) is 0 Å². The number of anilines is 2. The van der Waals surface area contributed by atoms with Crippen LogP contribution in [0.4, 0.5) is 24.7 Å². The first kappa shape index (κ1) is 23.5. The molecule has 9 heteroatoms. The predicted molar refractivity (Wildman–Crippen MR) is 128 cm³/mol. The number of Topliss-reactive ketones (excluding diaryl/α,β-unsaturated/α-hetero) is 1. The second kappa shape index (κ2) is 9.11. The summed E-state index contributed by atoms with van der Waals surface area (Å²) in [4.78, 5) is 23.5. The Morgan fingerprint density at radius 2 is 1.86 bits per heavy atom. The average molecular weight is 485 g/mol. The van der Waals surface area contributed by atoms with Gasteiger partial charge in [0, 0.05) is 35.8 Å². The molecule has 1 aliphatic heterocycles. The number of hydrogen-bond acceptors (Lipinski definition) is 6. The van der Waals surface area contributed by atoms with Crippen molar-refractivity contribution in [3.8, 4) is 0 Å². The van der Waals surface area contributed by atoms with Crippen molar-refractivity contribution in [3.63, 3.8) is 0 Å². The van der Waals surface area contributed by atoms with E-state index in [1.165, 1.54) is 35.0 Å². The van der Waals surface area contributed by atoms with Gasteiger partial charge in [-0.25, -0.2) is 9.97 Å². The summed E-state index contributed by atoms with van der Waals surface area (Å²) in [6.45, 7) is 6.71. The SMILES string of the molecule is Cc1nc(N[C@H](C)c2cccc(C(=O)C(F)(F)F)c2)c2cc(N3CCOCC3)c3c(c2n1)CCC3. The van der Waals surface area contributed by atoms with Crippen molar-refractivity contribution in [1.29, 1.82) is 0 Å². The number of morpholine rings is 1. The first-order valence-electron chi connectivity index (χ1n) is 11.9. The third-order valence-corrected chi connectivity index (χ3v) is 6.76. The van der Waals surface area contributed by atoms with Gasteiger partial charge in [0.2, 0.25) is 0 Å². The maximum absolute atomic E-state index is 12.9. The zero-order chi connectivity index (χ0) is 24.7. The molecular formula is C26H27F3N4O2. The van der Waals surface area contributed by atoms with Gasteiger partial charge in [-0.2, -0.15) is 13.2 Å². The number of alkyl halides is 3. The van der Waals surface area contributed by atoms with Crippen LogP contribution in [0.1, 0.15) is 52.3 Å². The van der Waals surface area contributed by atoms with Crippen LogP contribution >= 0.6 is 0 Å². The van der Waals surface area contributed by atoms with Gasteiger partial charge < -0.3 is 15.0 Å². The molecule has 2 aromatic carbocycles. The Morgan fingerprint density at radius 1 is 1.11 bits per heavy atom. The largest absolute Gasteiger partial charge is 0.454 e. The van der Waals surface area contributed by atoms with E-state index in [9.17, 15) is 18.0 Å². The Kier molecular flexibility index (Phi) is 6.13. The van der Waals surface area contributed by atoms with Crippen molar-refractivity contribution in [2.24, 2.45) is 0 Å². The molecule has 1 N–H and O–H groups in total. The van der Waals surface area contributed by atoms with Gasteiger partial charge in [0.1, 0.15) is 11.6 Å². The summed E-state index contributed by atoms with van der Waals surface area (Å²) in [5.41, 5.74) is 4.91. The van der Waals surface area contributed by atoms with Crippen molar-refractivity contribution in [2.45, 2.75) is 45.3 Å². The van der Waals surface area contributed by atoms with Crippen LogP contribution < -0.4 is 10.2 Å². The van der Waals surface area contributed by atoms with Gasteiger partial charge in [0.05, 0.1) is 18.7 Å². The van der Waals surface area contributed by atoms with Gasteiger partial charge >= 0.3 is 6.18 Å². The Hall–Kier alpha value is -3.20. The molecule has 1 aromatic heterocycles. The molecule has 1 fully saturated rings. The van der Waals surface area contributed by atoms with E-state index in [1.807, 2.05) is 13.8 Å². The Balaban J connectivity index is 1.54. The fraction of sp³-hybridized carbons (Fsp3) is 0.423. The Labute approximate surface area is 201 Å². The standard InChI is InChI=1S/C26H27F3N4O2/c1-15(17-5-3-6-18(13-17)24(34)26(27,28)29)30-25-21-14-22(33-9-11-35-12-10-33)19-7-4-8-20(19)23(21)31-16(2)32-25/h3,5-6,13-15H,4,7-12H2,1-2H3,(H,30,31,32)/t15-/m1/s1. The number of hydrogen-bond donors (Lipinski definition) is 1. The van der Waals surface area contributed by atoms with Crippen LogP contribution in [0.3, 0.4) is 0 Å². The monoisotopic (exact) mass is 484 g/mol. The zero-order valence-corrected chi connectivity index (χ0v) is 19.7. The summed E-state index contributed by atoms with van der Waals surface area (Å²) in [6.07, 6.45) is -1.86. The normalized spacial score (nSPS) is 16.9. The molecular weight excluding hydrogens is 457 g/mol. The molecule has 3 aromatic rings. The number of rotatable bonds is 5. The number of nitrogens with zero attached hydrogens (tertiary/aromatic N) is 3. The van der Waals surface area contributed by atoms with Crippen LogP contribution in [0.2, 0.25) is 0 Å². The van der Waals surface area contributed by atoms with Gasteiger partial charge in [-0.05, 0) is 61.9 Å². The quantitative estimate of drug-likeness (QED) is 0.504. The number of ether oxygens (including phenoxy) is 1. The zero-order valence-electron chi connectivity index (χ0n) is 19.7. The number of halogens is 3. The Bertz CT molecular complexity index is 1290. The molecule has 2 aliphatic rings. The maximum Gasteiger partial charge on any atom is 0.454 e. The molecule has 1 saturated heterocycles. The van der Waals surface area contributed by atoms with Crippen molar-refractivity contribution in [3.05, 3.63) is 58.4 Å². The van der Waals surface area contributed by atoms with E-state index in [-0.39, 0.29) is 11.6 Å². The van der Waals surface area contributed by atoms with Gasteiger partial charge in [0.25, 0.3) is 5.78 Å². The van der Waals surface area contributed by atoms with E-state index in [0.717, 1.165) is 43.3 Å². The summed E-state index contributed by atoms with van der Waals surface area (Å²) in [5.74, 6) is -0.584. The molecule has 5 rings (SSSR count). The summed E-state index contributed by atoms with van der Waals surface area (Å²) in [6, 6.07) is 7.42. The summed E-state index contributed by atoms with van der Waals surface area (Å²) >= 11 is 0. The van der Waals surface area contributed by atoms with Crippen LogP contribution in [0.25, 0.3) is 10.9 Å². The highest BCUT2D eigenvalue weighted by Crippen LogP contribution is 2.39. The van der Waals surface area contributed by atoms with E-state index in [2.05, 4.69) is 21.3 Å². The third-order valence-electron chi connectivity index (χ3n) is 6.76. The van der Waals surface area contributed by atoms with Crippen molar-refractivity contribution in [2.75, 3.05) is 36.5 Å². The molecule has 1 aliphatic carbocycles. The first-order chi connectivity index (χ1) is 16.7. The number of benzene rings is 2. The highest BCUT2D eigenvalue weighted by molar-refractivity contribution is 6.00. The minimum atomic E-state index is -4.91. The van der Waals surface area contributed by atoms with E-state index < -0.39 is 12.0 Å². The van der Waals surface area contributed by atoms with E-state index in [4.69, 9.17) is 9.72 Å². The molecule has 0 saturated carbocycles. The van der Waals surface area contributed by atoms with Crippen LogP contribution in [-0.2, 0) is 17.6 Å². The molecule has 1 atom stereocenters. The topological polar surface area (TPSA) is 67.4 Å². The number of carbonyl (C=O) groups excluding carboxylic acids is 1. The highest BCUT2D eigenvalue weighted by Gasteiger charge is 2.39. The maximum atomic E-state index is 12.9. The predicted octanol–water partition coefficient (Wildman–Crippen LogP) is 5.18. The highest BCUT2D eigenvalue weighted by atomic mass is 19.4. The lowest BCUT2D eigenvalue weighted by Gasteiger charge is -2.31. The summed E-state index contributed by atoms with van der Waals surface area (Å²) in [5, 5.41) is 4.28. The van der Waals surface area contributed by atoms with Gasteiger partial charge in [-0.15, -0.1) is 0 Å². The second-order valence-corrected chi connectivity index (χ2v) is 9.14. The lowest BCUT2D eigenvalue weighted by molar-refractivity contribution is -0.0885. The fourth-order valence-corrected chi connectivity index (χ4v) is 5.06. The lowest BCUT2D eigenvalue weighted by Crippen LogP contribution is -2.36. The van der Waals surface area contributed by atoms with Crippen molar-refractivity contribution < 1.29 is 22.7 Å². The van der Waals surface area contributed by atoms with Crippen LogP contribution in [0, 0.1) is 6.92 Å². The first-order valence-corrected chi connectivity index (χ1v) is 11.9. The molecule has 184 valence electrons.